The molecule has 0 radical (unpaired) electrons. The monoisotopic (exact) mass is 265 g/mol. The topological polar surface area (TPSA) is 64.9 Å². The molecule has 0 aromatic carbocycles. The Hall–Kier alpha value is -0.900. The summed E-state index contributed by atoms with van der Waals surface area (Å²) in [4.78, 5) is 4.52. The van der Waals surface area contributed by atoms with Crippen LogP contribution in [0.5, 0.6) is 0 Å². The summed E-state index contributed by atoms with van der Waals surface area (Å²) in [6.45, 7) is 4.39. The van der Waals surface area contributed by atoms with E-state index < -0.39 is 0 Å². The van der Waals surface area contributed by atoms with Gasteiger partial charge in [-0.25, -0.2) is 0 Å². The first kappa shape index (κ1) is 14.5. The molecule has 108 valence electrons. The molecule has 1 heterocycles. The smallest absolute Gasteiger partial charge is 0.243 e. The van der Waals surface area contributed by atoms with E-state index in [0.717, 1.165) is 24.6 Å². The summed E-state index contributed by atoms with van der Waals surface area (Å²) in [6, 6.07) is -0.0947. The third kappa shape index (κ3) is 3.78. The highest BCUT2D eigenvalue weighted by molar-refractivity contribution is 4.99. The van der Waals surface area contributed by atoms with E-state index in [9.17, 15) is 0 Å². The van der Waals surface area contributed by atoms with Crippen LogP contribution in [0.2, 0.25) is 0 Å². The molecule has 1 aromatic rings. The maximum atomic E-state index is 6.01. The van der Waals surface area contributed by atoms with Gasteiger partial charge in [0.1, 0.15) is 0 Å². The van der Waals surface area contributed by atoms with Crippen molar-refractivity contribution in [3.8, 4) is 0 Å². The zero-order valence-corrected chi connectivity index (χ0v) is 12.3. The van der Waals surface area contributed by atoms with Crippen molar-refractivity contribution in [1.82, 2.24) is 10.1 Å². The van der Waals surface area contributed by atoms with E-state index in [-0.39, 0.29) is 6.04 Å². The van der Waals surface area contributed by atoms with Gasteiger partial charge in [-0.1, -0.05) is 38.3 Å². The minimum atomic E-state index is -0.0947. The molecular formula is C15H27N3O. The minimum absolute atomic E-state index is 0.0947. The second-order valence-electron chi connectivity index (χ2n) is 5.89. The van der Waals surface area contributed by atoms with Gasteiger partial charge in [0.2, 0.25) is 5.89 Å². The average molecular weight is 265 g/mol. The van der Waals surface area contributed by atoms with Gasteiger partial charge in [0, 0.05) is 5.92 Å². The predicted molar refractivity (Wildman–Crippen MR) is 75.7 cm³/mol. The Morgan fingerprint density at radius 2 is 1.95 bits per heavy atom. The highest BCUT2D eigenvalue weighted by atomic mass is 16.5. The molecule has 1 aliphatic rings. The Morgan fingerprint density at radius 1 is 1.21 bits per heavy atom. The number of aromatic nitrogens is 2. The summed E-state index contributed by atoms with van der Waals surface area (Å²) in [7, 11) is 0. The molecule has 19 heavy (non-hydrogen) atoms. The van der Waals surface area contributed by atoms with Gasteiger partial charge in [-0.05, 0) is 38.0 Å². The molecule has 4 nitrogen and oxygen atoms in total. The number of rotatable bonds is 6. The first-order chi connectivity index (χ1) is 9.24. The summed E-state index contributed by atoms with van der Waals surface area (Å²) in [5.41, 5.74) is 6.01. The van der Waals surface area contributed by atoms with Crippen molar-refractivity contribution in [2.75, 3.05) is 0 Å². The maximum Gasteiger partial charge on any atom is 0.243 e. The maximum absolute atomic E-state index is 6.01. The van der Waals surface area contributed by atoms with Gasteiger partial charge in [-0.3, -0.25) is 0 Å². The molecule has 0 spiro atoms. The Labute approximate surface area is 116 Å². The quantitative estimate of drug-likeness (QED) is 0.846. The van der Waals surface area contributed by atoms with Crippen LogP contribution < -0.4 is 5.73 Å². The van der Waals surface area contributed by atoms with Crippen LogP contribution in [0.4, 0.5) is 0 Å². The van der Waals surface area contributed by atoms with Crippen LogP contribution in [-0.2, 0) is 0 Å². The second kappa shape index (κ2) is 7.04. The van der Waals surface area contributed by atoms with E-state index in [2.05, 4.69) is 24.0 Å². The van der Waals surface area contributed by atoms with Crippen LogP contribution in [-0.4, -0.2) is 10.1 Å². The Morgan fingerprint density at radius 3 is 2.58 bits per heavy atom. The summed E-state index contributed by atoms with van der Waals surface area (Å²) < 4.78 is 5.32. The average Bonchev–Trinajstić information content (AvgIpc) is 2.90. The molecule has 1 aromatic heterocycles. The lowest BCUT2D eigenvalue weighted by Crippen LogP contribution is -2.15. The van der Waals surface area contributed by atoms with Crippen LogP contribution in [0.1, 0.15) is 88.9 Å². The lowest BCUT2D eigenvalue weighted by atomic mass is 9.80. The van der Waals surface area contributed by atoms with Crippen molar-refractivity contribution >= 4 is 0 Å². The third-order valence-electron chi connectivity index (χ3n) is 4.28. The second-order valence-corrected chi connectivity index (χ2v) is 5.89. The molecule has 0 saturated heterocycles. The molecule has 0 aliphatic heterocycles. The Bertz CT molecular complexity index is 369. The lowest BCUT2D eigenvalue weighted by molar-refractivity contribution is 0.293. The van der Waals surface area contributed by atoms with Crippen LogP contribution in [0.3, 0.4) is 0 Å². The normalized spacial score (nSPS) is 25.4. The summed E-state index contributed by atoms with van der Waals surface area (Å²) in [5, 5.41) is 4.15. The largest absolute Gasteiger partial charge is 0.338 e. The van der Waals surface area contributed by atoms with E-state index in [4.69, 9.17) is 10.3 Å². The van der Waals surface area contributed by atoms with Crippen LogP contribution in [0, 0.1) is 5.92 Å². The highest BCUT2D eigenvalue weighted by Crippen LogP contribution is 2.36. The first-order valence-corrected chi connectivity index (χ1v) is 7.83. The van der Waals surface area contributed by atoms with Crippen LogP contribution in [0.15, 0.2) is 4.52 Å². The van der Waals surface area contributed by atoms with Crippen molar-refractivity contribution in [2.45, 2.75) is 77.2 Å². The highest BCUT2D eigenvalue weighted by Gasteiger charge is 2.26. The Kier molecular flexibility index (Phi) is 5.37. The summed E-state index contributed by atoms with van der Waals surface area (Å²) in [5.74, 6) is 2.90. The van der Waals surface area contributed by atoms with Gasteiger partial charge in [0.05, 0.1) is 6.04 Å². The van der Waals surface area contributed by atoms with Crippen molar-refractivity contribution in [3.63, 3.8) is 0 Å². The summed E-state index contributed by atoms with van der Waals surface area (Å²) in [6.07, 6.45) is 9.64. The van der Waals surface area contributed by atoms with E-state index >= 15 is 0 Å². The molecule has 0 amide bonds. The number of nitrogens with two attached hydrogens (primary N) is 1. The van der Waals surface area contributed by atoms with E-state index in [1.54, 1.807) is 0 Å². The van der Waals surface area contributed by atoms with E-state index in [0.29, 0.717) is 11.8 Å². The molecule has 2 rings (SSSR count). The van der Waals surface area contributed by atoms with Crippen molar-refractivity contribution in [3.05, 3.63) is 11.7 Å². The van der Waals surface area contributed by atoms with Gasteiger partial charge in [-0.15, -0.1) is 0 Å². The standard InChI is InChI=1S/C15H27N3O/c1-3-5-11-7-9-12(10-8-11)14-17-15(19-18-14)13(16)6-4-2/h11-13H,3-10,16H2,1-2H3. The predicted octanol–water partition coefficient (Wildman–Crippen LogP) is 3.94. The van der Waals surface area contributed by atoms with Crippen molar-refractivity contribution in [1.29, 1.82) is 0 Å². The minimum Gasteiger partial charge on any atom is -0.338 e. The molecule has 1 unspecified atom stereocenters. The summed E-state index contributed by atoms with van der Waals surface area (Å²) >= 11 is 0. The zero-order valence-electron chi connectivity index (χ0n) is 12.3. The fourth-order valence-corrected chi connectivity index (χ4v) is 3.12. The molecular weight excluding hydrogens is 238 g/mol. The van der Waals surface area contributed by atoms with E-state index in [1.807, 2.05) is 0 Å². The van der Waals surface area contributed by atoms with Crippen LogP contribution >= 0.6 is 0 Å². The molecule has 1 aliphatic carbocycles. The fourth-order valence-electron chi connectivity index (χ4n) is 3.12. The molecule has 1 atom stereocenters. The molecule has 2 N–H and O–H groups in total. The first-order valence-electron chi connectivity index (χ1n) is 7.83. The third-order valence-corrected chi connectivity index (χ3v) is 4.28. The molecule has 1 saturated carbocycles. The fraction of sp³-hybridized carbons (Fsp3) is 0.867. The van der Waals surface area contributed by atoms with Crippen molar-refractivity contribution in [2.24, 2.45) is 11.7 Å². The SMILES string of the molecule is CCCC1CCC(c2noc(C(N)CCC)n2)CC1. The molecule has 0 bridgehead atoms. The zero-order chi connectivity index (χ0) is 13.7. The van der Waals surface area contributed by atoms with Gasteiger partial charge < -0.3 is 10.3 Å². The molecule has 1 fully saturated rings. The van der Waals surface area contributed by atoms with Gasteiger partial charge in [-0.2, -0.15) is 4.98 Å². The number of hydrogen-bond acceptors (Lipinski definition) is 4. The van der Waals surface area contributed by atoms with Gasteiger partial charge >= 0.3 is 0 Å². The van der Waals surface area contributed by atoms with E-state index in [1.165, 1.54) is 38.5 Å². The number of hydrogen-bond donors (Lipinski definition) is 1. The van der Waals surface area contributed by atoms with Crippen LogP contribution in [0.25, 0.3) is 0 Å². The van der Waals surface area contributed by atoms with Gasteiger partial charge in [0.25, 0.3) is 0 Å². The lowest BCUT2D eigenvalue weighted by Gasteiger charge is -2.26. The Balaban J connectivity index is 1.89. The number of nitrogens with zero attached hydrogens (tertiary/aromatic N) is 2. The van der Waals surface area contributed by atoms with Gasteiger partial charge in [0.15, 0.2) is 5.82 Å². The van der Waals surface area contributed by atoms with Crippen molar-refractivity contribution < 1.29 is 4.52 Å². The molecule has 4 heteroatoms.